The normalized spacial score (nSPS) is 12.1. The van der Waals surface area contributed by atoms with Gasteiger partial charge in [-0.15, -0.1) is 5.10 Å². The van der Waals surface area contributed by atoms with Gasteiger partial charge in [0.25, 0.3) is 0 Å². The molecule has 1 unspecified atom stereocenters. The molecular weight excluding hydrogens is 344 g/mol. The monoisotopic (exact) mass is 353 g/mol. The predicted octanol–water partition coefficient (Wildman–Crippen LogP) is -1.05. The van der Waals surface area contributed by atoms with Crippen molar-refractivity contribution in [2.24, 2.45) is 0 Å². The summed E-state index contributed by atoms with van der Waals surface area (Å²) in [6.07, 6.45) is -6.47. The number of amidine groups is 1. The van der Waals surface area contributed by atoms with Crippen LogP contribution < -0.4 is 56.7 Å². The van der Waals surface area contributed by atoms with Crippen molar-refractivity contribution in [2.45, 2.75) is 25.3 Å². The van der Waals surface area contributed by atoms with Gasteiger partial charge in [0.2, 0.25) is 12.9 Å². The number of nitro groups is 1. The van der Waals surface area contributed by atoms with Crippen LogP contribution in [0.5, 0.6) is 0 Å². The fraction of sp³-hybridized carbons (Fsp3) is 0.556. The molecule has 118 valence electrons. The van der Waals surface area contributed by atoms with Gasteiger partial charge >= 0.3 is 63.0 Å². The van der Waals surface area contributed by atoms with E-state index >= 15 is 0 Å². The van der Waals surface area contributed by atoms with E-state index in [1.807, 2.05) is 0 Å². The van der Waals surface area contributed by atoms with Crippen LogP contribution in [0, 0.1) is 16.1 Å². The molecule has 0 saturated heterocycles. The summed E-state index contributed by atoms with van der Waals surface area (Å²) in [6, 6.07) is -1.73. The van der Waals surface area contributed by atoms with E-state index < -0.39 is 54.3 Å². The van der Waals surface area contributed by atoms with Crippen molar-refractivity contribution in [3.8, 4) is 0 Å². The third-order valence-corrected chi connectivity index (χ3v) is 2.34. The van der Waals surface area contributed by atoms with Gasteiger partial charge in [0.15, 0.2) is 0 Å². The van der Waals surface area contributed by atoms with Crippen LogP contribution in [-0.4, -0.2) is 39.9 Å². The standard InChI is InChI=1S/C9H9F5N5O2.K/c10-6(11)1-4(9(15)16-2-7(12)13)18-3-5(19(20)21)8(14)17-18;/h3-4,6-7H,1-2H2,(H-,15,16);/q-1;+1. The van der Waals surface area contributed by atoms with E-state index in [-0.39, 0.29) is 51.4 Å². The van der Waals surface area contributed by atoms with Crippen LogP contribution in [0.15, 0.2) is 6.20 Å². The van der Waals surface area contributed by atoms with Gasteiger partial charge < -0.3 is 10.7 Å². The van der Waals surface area contributed by atoms with Crippen molar-refractivity contribution < 1.29 is 78.3 Å². The van der Waals surface area contributed by atoms with Crippen molar-refractivity contribution in [1.29, 1.82) is 0 Å². The summed E-state index contributed by atoms with van der Waals surface area (Å²) < 4.78 is 62.4. The first-order valence-corrected chi connectivity index (χ1v) is 5.47. The van der Waals surface area contributed by atoms with Gasteiger partial charge in [0.05, 0.1) is 11.0 Å². The van der Waals surface area contributed by atoms with E-state index in [0.29, 0.717) is 10.9 Å². The second kappa shape index (κ2) is 9.49. The van der Waals surface area contributed by atoms with Crippen LogP contribution in [-0.2, 0) is 0 Å². The van der Waals surface area contributed by atoms with E-state index in [2.05, 4.69) is 5.10 Å². The number of alkyl halides is 4. The molecule has 0 aliphatic rings. The molecule has 13 heteroatoms. The number of halogens is 5. The molecule has 0 amide bonds. The van der Waals surface area contributed by atoms with E-state index in [9.17, 15) is 37.5 Å². The molecule has 0 aliphatic carbocycles. The average molecular weight is 353 g/mol. The fourth-order valence-electron chi connectivity index (χ4n) is 1.46. The number of hydrogen-bond donors (Lipinski definition) is 1. The molecule has 0 spiro atoms. The molecule has 1 rings (SSSR count). The van der Waals surface area contributed by atoms with Crippen molar-refractivity contribution >= 4 is 11.5 Å². The molecule has 7 nitrogen and oxygen atoms in total. The molecule has 1 N–H and O–H groups in total. The van der Waals surface area contributed by atoms with Gasteiger partial charge in [0.1, 0.15) is 6.20 Å². The number of hydrogen-bond acceptors (Lipinski definition) is 3. The molecule has 0 fully saturated rings. The van der Waals surface area contributed by atoms with Crippen LogP contribution in [0.4, 0.5) is 27.6 Å². The van der Waals surface area contributed by atoms with Gasteiger partial charge in [-0.3, -0.25) is 14.8 Å². The van der Waals surface area contributed by atoms with Crippen LogP contribution in [0.1, 0.15) is 12.5 Å². The van der Waals surface area contributed by atoms with E-state index in [0.717, 1.165) is 0 Å². The second-order valence-electron chi connectivity index (χ2n) is 3.84. The van der Waals surface area contributed by atoms with Crippen LogP contribution in [0.25, 0.3) is 5.41 Å². The Hall–Kier alpha value is -0.634. The SMILES string of the molecule is [K+].[N-]=C(NCC(F)F)C(CC(F)F)n1cc([N+](=O)[O-])c(F)n1. The summed E-state index contributed by atoms with van der Waals surface area (Å²) >= 11 is 0. The van der Waals surface area contributed by atoms with Crippen molar-refractivity contribution in [2.75, 3.05) is 6.54 Å². The van der Waals surface area contributed by atoms with Gasteiger partial charge in [-0.25, -0.2) is 17.6 Å². The molecule has 0 aromatic carbocycles. The molecule has 0 aliphatic heterocycles. The van der Waals surface area contributed by atoms with E-state index in [4.69, 9.17) is 0 Å². The Morgan fingerprint density at radius 2 is 2.00 bits per heavy atom. The fourth-order valence-corrected chi connectivity index (χ4v) is 1.46. The molecule has 1 heterocycles. The van der Waals surface area contributed by atoms with Crippen LogP contribution in [0.3, 0.4) is 0 Å². The van der Waals surface area contributed by atoms with E-state index in [1.165, 1.54) is 0 Å². The van der Waals surface area contributed by atoms with Gasteiger partial charge in [0, 0.05) is 13.0 Å². The third-order valence-electron chi connectivity index (χ3n) is 2.34. The zero-order valence-electron chi connectivity index (χ0n) is 11.2. The zero-order valence-corrected chi connectivity index (χ0v) is 14.3. The smallest absolute Gasteiger partial charge is 0.478 e. The molecule has 1 atom stereocenters. The van der Waals surface area contributed by atoms with Gasteiger partial charge in [-0.05, 0) is 0 Å². The molecular formula is C9H9F5KN5O2. The Bertz CT molecular complexity index is 526. The van der Waals surface area contributed by atoms with Gasteiger partial charge in [-0.1, -0.05) is 5.84 Å². The van der Waals surface area contributed by atoms with Crippen LogP contribution >= 0.6 is 0 Å². The Kier molecular flexibility index (Phi) is 9.22. The number of rotatable bonds is 7. The maximum Gasteiger partial charge on any atom is 1.00 e. The Labute approximate surface area is 163 Å². The maximum absolute atomic E-state index is 13.1. The zero-order chi connectivity index (χ0) is 16.2. The molecule has 0 bridgehead atoms. The minimum atomic E-state index is -2.99. The Morgan fingerprint density at radius 1 is 1.41 bits per heavy atom. The summed E-state index contributed by atoms with van der Waals surface area (Å²) in [5.74, 6) is -2.56. The van der Waals surface area contributed by atoms with Crippen molar-refractivity contribution in [1.82, 2.24) is 15.1 Å². The summed E-state index contributed by atoms with van der Waals surface area (Å²) in [4.78, 5) is 9.31. The maximum atomic E-state index is 13.1. The second-order valence-corrected chi connectivity index (χ2v) is 3.84. The summed E-state index contributed by atoms with van der Waals surface area (Å²) in [7, 11) is 0. The molecule has 22 heavy (non-hydrogen) atoms. The number of aromatic nitrogens is 2. The first-order valence-electron chi connectivity index (χ1n) is 5.47. The molecule has 0 saturated carbocycles. The summed E-state index contributed by atoms with van der Waals surface area (Å²) in [6.45, 7) is -1.03. The average Bonchev–Trinajstić information content (AvgIpc) is 2.74. The Balaban J connectivity index is 0.00000441. The number of nitrogens with one attached hydrogen (secondary N) is 1. The summed E-state index contributed by atoms with van der Waals surface area (Å²) in [5.41, 5.74) is -1.09. The molecule has 1 aromatic rings. The van der Waals surface area contributed by atoms with Crippen molar-refractivity contribution in [3.05, 3.63) is 27.7 Å². The quantitative estimate of drug-likeness (QED) is 0.169. The minimum Gasteiger partial charge on any atom is -0.478 e. The minimum absolute atomic E-state index is 0. The summed E-state index contributed by atoms with van der Waals surface area (Å²) in [5, 5.41) is 24.7. The first-order chi connectivity index (χ1) is 9.72. The predicted molar refractivity (Wildman–Crippen MR) is 60.9 cm³/mol. The molecule has 1 aromatic heterocycles. The van der Waals surface area contributed by atoms with Crippen molar-refractivity contribution in [3.63, 3.8) is 0 Å². The third kappa shape index (κ3) is 6.24. The van der Waals surface area contributed by atoms with Gasteiger partial charge in [-0.2, -0.15) is 4.39 Å². The largest absolute Gasteiger partial charge is 1.00 e. The van der Waals surface area contributed by atoms with Crippen LogP contribution in [0.2, 0.25) is 0 Å². The topological polar surface area (TPSA) is 95.3 Å². The first kappa shape index (κ1) is 21.4. The molecule has 0 radical (unpaired) electrons. The number of nitrogens with zero attached hydrogens (tertiary/aromatic N) is 4. The van der Waals surface area contributed by atoms with E-state index in [1.54, 1.807) is 5.32 Å². The Morgan fingerprint density at radius 3 is 2.41 bits per heavy atom.